The number of aromatic hydroxyl groups is 1. The number of benzene rings is 3. The van der Waals surface area contributed by atoms with Gasteiger partial charge in [0.25, 0.3) is 5.91 Å². The highest BCUT2D eigenvalue weighted by Gasteiger charge is 2.08. The molecule has 0 saturated carbocycles. The van der Waals surface area contributed by atoms with E-state index in [1.54, 1.807) is 36.4 Å². The zero-order chi connectivity index (χ0) is 21.6. The molecule has 0 spiro atoms. The fourth-order valence-corrected chi connectivity index (χ4v) is 3.60. The third-order valence-corrected chi connectivity index (χ3v) is 5.36. The Morgan fingerprint density at radius 2 is 1.77 bits per heavy atom. The van der Waals surface area contributed by atoms with Crippen molar-refractivity contribution in [2.75, 3.05) is 5.32 Å². The van der Waals surface area contributed by atoms with Gasteiger partial charge in [0.2, 0.25) is 0 Å². The van der Waals surface area contributed by atoms with Crippen molar-refractivity contribution in [3.8, 4) is 17.0 Å². The van der Waals surface area contributed by atoms with E-state index in [2.05, 4.69) is 20.8 Å². The van der Waals surface area contributed by atoms with Gasteiger partial charge in [-0.25, -0.2) is 10.4 Å². The van der Waals surface area contributed by atoms with Gasteiger partial charge in [0, 0.05) is 32.8 Å². The zero-order valence-electron chi connectivity index (χ0n) is 16.1. The highest BCUT2D eigenvalue weighted by atomic mass is 35.5. The van der Waals surface area contributed by atoms with Gasteiger partial charge in [-0.1, -0.05) is 35.9 Å². The molecule has 3 aromatic carbocycles. The van der Waals surface area contributed by atoms with Crippen LogP contribution in [0.2, 0.25) is 5.02 Å². The second-order valence-corrected chi connectivity index (χ2v) is 7.80. The number of hydrogen-bond acceptors (Lipinski definition) is 6. The number of anilines is 2. The van der Waals surface area contributed by atoms with E-state index >= 15 is 0 Å². The maximum atomic E-state index is 12.3. The summed E-state index contributed by atoms with van der Waals surface area (Å²) in [7, 11) is 0. The molecular formula is C23H17ClN4O2S. The second kappa shape index (κ2) is 9.42. The smallest absolute Gasteiger partial charge is 0.271 e. The predicted molar refractivity (Wildman–Crippen MR) is 125 cm³/mol. The van der Waals surface area contributed by atoms with Crippen LogP contribution in [0.15, 0.2) is 83.3 Å². The van der Waals surface area contributed by atoms with Crippen molar-refractivity contribution in [1.82, 2.24) is 10.4 Å². The van der Waals surface area contributed by atoms with Crippen LogP contribution in [-0.4, -0.2) is 22.2 Å². The first-order valence-corrected chi connectivity index (χ1v) is 10.5. The number of hydrogen-bond donors (Lipinski definition) is 3. The average molecular weight is 449 g/mol. The lowest BCUT2D eigenvalue weighted by Crippen LogP contribution is -2.17. The van der Waals surface area contributed by atoms with Crippen LogP contribution in [0.1, 0.15) is 15.9 Å². The lowest BCUT2D eigenvalue weighted by Gasteiger charge is -2.03. The Balaban J connectivity index is 1.39. The molecule has 0 aliphatic heterocycles. The molecule has 1 amide bonds. The van der Waals surface area contributed by atoms with E-state index in [0.717, 1.165) is 22.1 Å². The van der Waals surface area contributed by atoms with Gasteiger partial charge in [0.15, 0.2) is 5.13 Å². The molecule has 4 aromatic rings. The number of hydrazone groups is 1. The lowest BCUT2D eigenvalue weighted by atomic mass is 10.1. The van der Waals surface area contributed by atoms with Crippen LogP contribution in [0, 0.1) is 0 Å². The van der Waals surface area contributed by atoms with Crippen molar-refractivity contribution in [1.29, 1.82) is 0 Å². The third kappa shape index (κ3) is 5.28. The molecule has 1 heterocycles. The number of para-hydroxylation sites is 1. The van der Waals surface area contributed by atoms with Crippen molar-refractivity contribution in [2.45, 2.75) is 0 Å². The van der Waals surface area contributed by atoms with Crippen LogP contribution in [0.4, 0.5) is 10.8 Å². The number of nitrogens with one attached hydrogen (secondary N) is 2. The van der Waals surface area contributed by atoms with E-state index in [-0.39, 0.29) is 11.7 Å². The molecule has 0 aliphatic rings. The van der Waals surface area contributed by atoms with Crippen LogP contribution >= 0.6 is 22.9 Å². The maximum Gasteiger partial charge on any atom is 0.271 e. The van der Waals surface area contributed by atoms with Crippen molar-refractivity contribution in [2.24, 2.45) is 5.10 Å². The van der Waals surface area contributed by atoms with Crippen molar-refractivity contribution in [3.63, 3.8) is 0 Å². The molecule has 6 nitrogen and oxygen atoms in total. The minimum Gasteiger partial charge on any atom is -0.507 e. The van der Waals surface area contributed by atoms with E-state index in [9.17, 15) is 9.90 Å². The minimum atomic E-state index is -0.346. The number of carbonyl (C=O) groups is 1. The van der Waals surface area contributed by atoms with E-state index < -0.39 is 0 Å². The van der Waals surface area contributed by atoms with Crippen LogP contribution in [0.3, 0.4) is 0 Å². The molecule has 0 bridgehead atoms. The van der Waals surface area contributed by atoms with E-state index in [1.807, 2.05) is 41.8 Å². The summed E-state index contributed by atoms with van der Waals surface area (Å²) < 4.78 is 0. The Bertz CT molecular complexity index is 1220. The molecule has 0 saturated heterocycles. The summed E-state index contributed by atoms with van der Waals surface area (Å²) in [6.45, 7) is 0. The fraction of sp³-hybridized carbons (Fsp3) is 0. The van der Waals surface area contributed by atoms with Crippen LogP contribution in [-0.2, 0) is 0 Å². The van der Waals surface area contributed by atoms with Crippen LogP contribution < -0.4 is 10.7 Å². The second-order valence-electron chi connectivity index (χ2n) is 6.51. The van der Waals surface area contributed by atoms with Gasteiger partial charge in [0.1, 0.15) is 5.75 Å². The number of amides is 1. The molecule has 0 atom stereocenters. The number of rotatable bonds is 6. The highest BCUT2D eigenvalue weighted by molar-refractivity contribution is 7.14. The summed E-state index contributed by atoms with van der Waals surface area (Å²) in [5, 5.41) is 20.2. The number of halogens is 1. The quantitative estimate of drug-likeness (QED) is 0.262. The van der Waals surface area contributed by atoms with Gasteiger partial charge in [-0.3, -0.25) is 4.79 Å². The molecule has 4 rings (SSSR count). The van der Waals surface area contributed by atoms with Crippen molar-refractivity contribution >= 4 is 45.9 Å². The van der Waals surface area contributed by atoms with Crippen LogP contribution in [0.25, 0.3) is 11.3 Å². The van der Waals surface area contributed by atoms with Gasteiger partial charge >= 0.3 is 0 Å². The zero-order valence-corrected chi connectivity index (χ0v) is 17.7. The SMILES string of the molecule is O=C(NN=Cc1ccccc1O)c1ccc(-c2csc(Nc3ccc(Cl)cc3)n2)cc1. The normalized spacial score (nSPS) is 10.9. The first-order chi connectivity index (χ1) is 15.1. The first-order valence-electron chi connectivity index (χ1n) is 9.28. The molecular weight excluding hydrogens is 432 g/mol. The molecule has 3 N–H and O–H groups in total. The standard InChI is InChI=1S/C23H17ClN4O2S/c24-18-9-11-19(12-10-18)26-23-27-20(14-31-23)15-5-7-16(8-6-15)22(30)28-25-13-17-3-1-2-4-21(17)29/h1-14,29H,(H,26,27)(H,28,30). The Labute approximate surface area is 187 Å². The minimum absolute atomic E-state index is 0.0954. The Kier molecular flexibility index (Phi) is 6.26. The number of phenols is 1. The fourth-order valence-electron chi connectivity index (χ4n) is 2.73. The summed E-state index contributed by atoms with van der Waals surface area (Å²) in [5.74, 6) is -0.250. The van der Waals surface area contributed by atoms with Gasteiger partial charge in [-0.15, -0.1) is 11.3 Å². The predicted octanol–water partition coefficient (Wildman–Crippen LogP) is 5.68. The molecule has 8 heteroatoms. The number of carbonyl (C=O) groups excluding carboxylic acids is 1. The van der Waals surface area contributed by atoms with Gasteiger partial charge in [0.05, 0.1) is 11.9 Å². The number of thiazole rings is 1. The topological polar surface area (TPSA) is 86.6 Å². The van der Waals surface area contributed by atoms with Gasteiger partial charge in [-0.2, -0.15) is 5.10 Å². The van der Waals surface area contributed by atoms with Crippen molar-refractivity contribution < 1.29 is 9.90 Å². The van der Waals surface area contributed by atoms with E-state index in [0.29, 0.717) is 16.1 Å². The Morgan fingerprint density at radius 1 is 1.03 bits per heavy atom. The summed E-state index contributed by atoms with van der Waals surface area (Å²) in [5.41, 5.74) is 6.05. The molecule has 154 valence electrons. The van der Waals surface area contributed by atoms with Crippen molar-refractivity contribution in [3.05, 3.63) is 94.3 Å². The highest BCUT2D eigenvalue weighted by Crippen LogP contribution is 2.27. The molecule has 0 aliphatic carbocycles. The summed E-state index contributed by atoms with van der Waals surface area (Å²) >= 11 is 7.40. The number of phenolic OH excluding ortho intramolecular Hbond substituents is 1. The molecule has 0 radical (unpaired) electrons. The Hall–Kier alpha value is -3.68. The molecule has 1 aromatic heterocycles. The molecule has 31 heavy (non-hydrogen) atoms. The number of nitrogens with zero attached hydrogens (tertiary/aromatic N) is 2. The number of aromatic nitrogens is 1. The molecule has 0 unspecified atom stereocenters. The monoisotopic (exact) mass is 448 g/mol. The maximum absolute atomic E-state index is 12.3. The van der Waals surface area contributed by atoms with Gasteiger partial charge < -0.3 is 10.4 Å². The summed E-state index contributed by atoms with van der Waals surface area (Å²) in [4.78, 5) is 16.9. The van der Waals surface area contributed by atoms with E-state index in [1.165, 1.54) is 17.6 Å². The largest absolute Gasteiger partial charge is 0.507 e. The average Bonchev–Trinajstić information content (AvgIpc) is 3.25. The lowest BCUT2D eigenvalue weighted by molar-refractivity contribution is 0.0955. The summed E-state index contributed by atoms with van der Waals surface area (Å²) in [6.07, 6.45) is 1.39. The van der Waals surface area contributed by atoms with Gasteiger partial charge in [-0.05, 0) is 48.5 Å². The third-order valence-electron chi connectivity index (χ3n) is 4.35. The Morgan fingerprint density at radius 3 is 2.52 bits per heavy atom. The van der Waals surface area contributed by atoms with Crippen LogP contribution in [0.5, 0.6) is 5.75 Å². The molecule has 0 fully saturated rings. The summed E-state index contributed by atoms with van der Waals surface area (Å²) in [6, 6.07) is 21.2. The van der Waals surface area contributed by atoms with E-state index in [4.69, 9.17) is 11.6 Å². The first kappa shape index (κ1) is 20.6.